The maximum Gasteiger partial charge on any atom is 0.336 e. The highest BCUT2D eigenvalue weighted by molar-refractivity contribution is 9.10. The fourth-order valence-electron chi connectivity index (χ4n) is 1.41. The number of aliphatic carboxylic acids is 1. The van der Waals surface area contributed by atoms with Gasteiger partial charge in [0.25, 0.3) is 0 Å². The highest BCUT2D eigenvalue weighted by Gasteiger charge is 2.10. The summed E-state index contributed by atoms with van der Waals surface area (Å²) in [5.74, 6) is -0.911. The van der Waals surface area contributed by atoms with E-state index in [0.29, 0.717) is 5.57 Å². The first-order chi connectivity index (χ1) is 8.16. The van der Waals surface area contributed by atoms with Crippen LogP contribution in [0.4, 0.5) is 0 Å². The Hall–Kier alpha value is -1.39. The highest BCUT2D eigenvalue weighted by Crippen LogP contribution is 2.21. The monoisotopic (exact) mass is 308 g/mol. The van der Waals surface area contributed by atoms with Crippen molar-refractivity contribution in [1.82, 2.24) is 0 Å². The van der Waals surface area contributed by atoms with Gasteiger partial charge in [0, 0.05) is 4.47 Å². The van der Waals surface area contributed by atoms with Gasteiger partial charge in [-0.25, -0.2) is 4.79 Å². The van der Waals surface area contributed by atoms with Crippen LogP contribution in [0.3, 0.4) is 0 Å². The fraction of sp³-hybridized carbons (Fsp3) is 0. The number of halogens is 1. The molecule has 0 aliphatic rings. The summed E-state index contributed by atoms with van der Waals surface area (Å²) >= 11 is 4.83. The summed E-state index contributed by atoms with van der Waals surface area (Å²) in [5.41, 5.74) is 1.93. The first kappa shape index (κ1) is 12.1. The number of hydrogen-bond donors (Lipinski definition) is 1. The second kappa shape index (κ2) is 5.29. The van der Waals surface area contributed by atoms with Gasteiger partial charge in [-0.3, -0.25) is 0 Å². The van der Waals surface area contributed by atoms with Crippen LogP contribution in [-0.2, 0) is 4.79 Å². The summed E-state index contributed by atoms with van der Waals surface area (Å²) in [7, 11) is 0. The van der Waals surface area contributed by atoms with Crippen molar-refractivity contribution in [2.75, 3.05) is 0 Å². The highest BCUT2D eigenvalue weighted by atomic mass is 79.9. The van der Waals surface area contributed by atoms with Gasteiger partial charge in [0.05, 0.1) is 5.57 Å². The Morgan fingerprint density at radius 3 is 2.47 bits per heavy atom. The van der Waals surface area contributed by atoms with E-state index < -0.39 is 5.97 Å². The number of hydrogen-bond acceptors (Lipinski definition) is 2. The van der Waals surface area contributed by atoms with Crippen molar-refractivity contribution < 1.29 is 9.90 Å². The summed E-state index contributed by atoms with van der Waals surface area (Å²) in [4.78, 5) is 11.2. The van der Waals surface area contributed by atoms with Gasteiger partial charge in [-0.2, -0.15) is 11.3 Å². The average Bonchev–Trinajstić information content (AvgIpc) is 2.81. The van der Waals surface area contributed by atoms with Crippen molar-refractivity contribution in [2.45, 2.75) is 0 Å². The summed E-state index contributed by atoms with van der Waals surface area (Å²) in [6, 6.07) is 9.33. The minimum absolute atomic E-state index is 0.313. The summed E-state index contributed by atoms with van der Waals surface area (Å²) < 4.78 is 0.974. The molecular weight excluding hydrogens is 300 g/mol. The zero-order valence-corrected chi connectivity index (χ0v) is 11.2. The quantitative estimate of drug-likeness (QED) is 0.865. The van der Waals surface area contributed by atoms with E-state index in [9.17, 15) is 9.90 Å². The molecule has 1 aromatic carbocycles. The van der Waals surface area contributed by atoms with Crippen molar-refractivity contribution in [1.29, 1.82) is 0 Å². The number of rotatable bonds is 3. The molecule has 2 rings (SSSR count). The third kappa shape index (κ3) is 3.05. The van der Waals surface area contributed by atoms with Crippen LogP contribution in [-0.4, -0.2) is 11.1 Å². The van der Waals surface area contributed by atoms with E-state index in [2.05, 4.69) is 15.9 Å². The van der Waals surface area contributed by atoms with Gasteiger partial charge in [0.15, 0.2) is 0 Å². The third-order valence-electron chi connectivity index (χ3n) is 2.24. The van der Waals surface area contributed by atoms with Gasteiger partial charge in [-0.1, -0.05) is 28.1 Å². The predicted molar refractivity (Wildman–Crippen MR) is 74.0 cm³/mol. The van der Waals surface area contributed by atoms with Crippen LogP contribution < -0.4 is 0 Å². The van der Waals surface area contributed by atoms with E-state index in [1.54, 1.807) is 6.08 Å². The molecule has 2 aromatic rings. The minimum Gasteiger partial charge on any atom is -0.478 e. The first-order valence-corrected chi connectivity index (χ1v) is 6.63. The number of carboxylic acid groups (broad SMARTS) is 1. The molecule has 17 heavy (non-hydrogen) atoms. The maximum absolute atomic E-state index is 11.2. The van der Waals surface area contributed by atoms with Gasteiger partial charge >= 0.3 is 5.97 Å². The van der Waals surface area contributed by atoms with Crippen LogP contribution in [0.2, 0.25) is 0 Å². The number of thiophene rings is 1. The van der Waals surface area contributed by atoms with E-state index in [-0.39, 0.29) is 0 Å². The predicted octanol–water partition coefficient (Wildman–Crippen LogP) is 4.14. The van der Waals surface area contributed by atoms with Gasteiger partial charge in [0.1, 0.15) is 0 Å². The smallest absolute Gasteiger partial charge is 0.336 e. The Morgan fingerprint density at radius 1 is 1.24 bits per heavy atom. The zero-order valence-electron chi connectivity index (χ0n) is 8.76. The Labute approximate surface area is 111 Å². The molecule has 0 amide bonds. The zero-order chi connectivity index (χ0) is 12.3. The van der Waals surface area contributed by atoms with Crippen molar-refractivity contribution >= 4 is 44.9 Å². The van der Waals surface area contributed by atoms with Crippen LogP contribution in [0.1, 0.15) is 11.1 Å². The van der Waals surface area contributed by atoms with Crippen LogP contribution >= 0.6 is 27.3 Å². The summed E-state index contributed by atoms with van der Waals surface area (Å²) in [6.07, 6.45) is 1.68. The molecule has 0 aliphatic heterocycles. The topological polar surface area (TPSA) is 37.3 Å². The van der Waals surface area contributed by atoms with Crippen molar-refractivity contribution in [2.24, 2.45) is 0 Å². The third-order valence-corrected chi connectivity index (χ3v) is 3.46. The molecule has 1 heterocycles. The molecular formula is C13H9BrO2S. The molecule has 0 unspecified atom stereocenters. The van der Waals surface area contributed by atoms with E-state index in [1.165, 1.54) is 11.3 Å². The lowest BCUT2D eigenvalue weighted by molar-refractivity contribution is -0.130. The second-order valence-electron chi connectivity index (χ2n) is 3.43. The standard InChI is InChI=1S/C13H9BrO2S/c14-11-3-1-9(2-4-11)7-12(13(15)16)10-5-6-17-8-10/h1-8H,(H,15,16)/b12-7+. The number of carboxylic acids is 1. The molecule has 0 saturated heterocycles. The lowest BCUT2D eigenvalue weighted by Gasteiger charge is -2.00. The second-order valence-corrected chi connectivity index (χ2v) is 5.12. The number of benzene rings is 1. The molecule has 0 fully saturated rings. The van der Waals surface area contributed by atoms with Crippen molar-refractivity contribution in [3.63, 3.8) is 0 Å². The molecule has 1 aromatic heterocycles. The maximum atomic E-state index is 11.2. The SMILES string of the molecule is O=C(O)/C(=C/c1ccc(Br)cc1)c1ccsc1. The van der Waals surface area contributed by atoms with Crippen LogP contribution in [0.25, 0.3) is 11.6 Å². The molecule has 2 nitrogen and oxygen atoms in total. The van der Waals surface area contributed by atoms with Crippen LogP contribution in [0.5, 0.6) is 0 Å². The van der Waals surface area contributed by atoms with Gasteiger partial charge in [0.2, 0.25) is 0 Å². The lowest BCUT2D eigenvalue weighted by atomic mass is 10.1. The molecule has 0 spiro atoms. The minimum atomic E-state index is -0.911. The fourth-order valence-corrected chi connectivity index (χ4v) is 2.33. The van der Waals surface area contributed by atoms with E-state index in [1.807, 2.05) is 41.1 Å². The molecule has 0 radical (unpaired) electrons. The van der Waals surface area contributed by atoms with Crippen LogP contribution in [0, 0.1) is 0 Å². The molecule has 0 atom stereocenters. The van der Waals surface area contributed by atoms with Gasteiger partial charge in [-0.05, 0) is 46.2 Å². The Morgan fingerprint density at radius 2 is 1.94 bits per heavy atom. The summed E-state index contributed by atoms with van der Waals surface area (Å²) in [5, 5.41) is 12.9. The molecule has 86 valence electrons. The van der Waals surface area contributed by atoms with E-state index in [4.69, 9.17) is 0 Å². The van der Waals surface area contributed by atoms with Crippen LogP contribution in [0.15, 0.2) is 45.6 Å². The molecule has 0 saturated carbocycles. The number of carbonyl (C=O) groups is 1. The normalized spacial score (nSPS) is 11.5. The van der Waals surface area contributed by atoms with Gasteiger partial charge < -0.3 is 5.11 Å². The first-order valence-electron chi connectivity index (χ1n) is 4.90. The Balaban J connectivity index is 2.40. The largest absolute Gasteiger partial charge is 0.478 e. The Bertz CT molecular complexity index is 541. The van der Waals surface area contributed by atoms with Gasteiger partial charge in [-0.15, -0.1) is 0 Å². The molecule has 4 heteroatoms. The van der Waals surface area contributed by atoms with Crippen molar-refractivity contribution in [3.05, 3.63) is 56.7 Å². The average molecular weight is 309 g/mol. The summed E-state index contributed by atoms with van der Waals surface area (Å²) in [6.45, 7) is 0. The van der Waals surface area contributed by atoms with Crippen molar-refractivity contribution in [3.8, 4) is 0 Å². The van der Waals surface area contributed by atoms with E-state index in [0.717, 1.165) is 15.6 Å². The Kier molecular flexibility index (Phi) is 3.76. The molecule has 0 aliphatic carbocycles. The molecule has 1 N–H and O–H groups in total. The molecule has 0 bridgehead atoms. The lowest BCUT2D eigenvalue weighted by Crippen LogP contribution is -1.98. The van der Waals surface area contributed by atoms with E-state index >= 15 is 0 Å².